The van der Waals surface area contributed by atoms with Crippen molar-refractivity contribution in [3.63, 3.8) is 0 Å². The zero-order chi connectivity index (χ0) is 14.2. The summed E-state index contributed by atoms with van der Waals surface area (Å²) < 4.78 is 10.5. The van der Waals surface area contributed by atoms with E-state index in [-0.39, 0.29) is 0 Å². The Labute approximate surface area is 112 Å². The van der Waals surface area contributed by atoms with Crippen LogP contribution in [0.4, 0.5) is 10.5 Å². The molecule has 5 nitrogen and oxygen atoms in total. The number of hydrogen-bond acceptors (Lipinski definition) is 3. The number of fused-ring (bicyclic) bond motifs is 1. The summed E-state index contributed by atoms with van der Waals surface area (Å²) in [6.07, 6.45) is 0.659. The minimum Gasteiger partial charge on any atom is -0.493 e. The average molecular weight is 265 g/mol. The van der Waals surface area contributed by atoms with Crippen LogP contribution in [0.25, 0.3) is 0 Å². The van der Waals surface area contributed by atoms with Crippen molar-refractivity contribution in [2.75, 3.05) is 19.1 Å². The Hall–Kier alpha value is -1.91. The number of rotatable bonds is 2. The van der Waals surface area contributed by atoms with E-state index in [1.54, 1.807) is 20.3 Å². The molecule has 1 amide bonds. The van der Waals surface area contributed by atoms with Crippen LogP contribution in [0.2, 0.25) is 0 Å². The van der Waals surface area contributed by atoms with Gasteiger partial charge in [-0.25, -0.2) is 4.79 Å². The number of aryl methyl sites for hydroxylation is 1. The van der Waals surface area contributed by atoms with E-state index < -0.39 is 11.6 Å². The van der Waals surface area contributed by atoms with E-state index in [1.165, 1.54) is 4.90 Å². The molecule has 0 atom stereocenters. The van der Waals surface area contributed by atoms with Crippen molar-refractivity contribution in [2.24, 2.45) is 0 Å². The van der Waals surface area contributed by atoms with Gasteiger partial charge in [0.25, 0.3) is 0 Å². The summed E-state index contributed by atoms with van der Waals surface area (Å²) >= 11 is 0. The molecule has 1 aromatic carbocycles. The van der Waals surface area contributed by atoms with Crippen molar-refractivity contribution in [3.8, 4) is 11.5 Å². The molecule has 0 aliphatic carbocycles. The summed E-state index contributed by atoms with van der Waals surface area (Å²) in [5.41, 5.74) is 1.24. The lowest BCUT2D eigenvalue weighted by Gasteiger charge is -2.41. The summed E-state index contributed by atoms with van der Waals surface area (Å²) in [7, 11) is 3.12. The molecule has 5 heteroatoms. The summed E-state index contributed by atoms with van der Waals surface area (Å²) in [5.74, 6) is 1.18. The van der Waals surface area contributed by atoms with Gasteiger partial charge in [0.1, 0.15) is 0 Å². The third-order valence-corrected chi connectivity index (χ3v) is 3.63. The van der Waals surface area contributed by atoms with E-state index in [4.69, 9.17) is 9.47 Å². The van der Waals surface area contributed by atoms with Crippen LogP contribution in [-0.4, -0.2) is 31.0 Å². The van der Waals surface area contributed by atoms with Gasteiger partial charge in [-0.3, -0.25) is 4.90 Å². The zero-order valence-corrected chi connectivity index (χ0v) is 11.7. The molecule has 104 valence electrons. The summed E-state index contributed by atoms with van der Waals surface area (Å²) in [4.78, 5) is 13.0. The van der Waals surface area contributed by atoms with Gasteiger partial charge in [-0.15, -0.1) is 0 Å². The number of benzene rings is 1. The third kappa shape index (κ3) is 2.20. The van der Waals surface area contributed by atoms with Gasteiger partial charge < -0.3 is 14.6 Å². The Morgan fingerprint density at radius 2 is 1.84 bits per heavy atom. The first-order chi connectivity index (χ1) is 8.90. The van der Waals surface area contributed by atoms with Crippen LogP contribution in [0.3, 0.4) is 0 Å². The molecule has 0 fully saturated rings. The molecular formula is C14H19NO4. The summed E-state index contributed by atoms with van der Waals surface area (Å²) in [5, 5.41) is 9.46. The normalized spacial score (nSPS) is 16.7. The summed E-state index contributed by atoms with van der Waals surface area (Å²) in [6, 6.07) is 3.60. The second-order valence-corrected chi connectivity index (χ2v) is 5.27. The largest absolute Gasteiger partial charge is 0.493 e. The van der Waals surface area contributed by atoms with Gasteiger partial charge in [-0.1, -0.05) is 0 Å². The highest BCUT2D eigenvalue weighted by molar-refractivity contribution is 5.90. The molecule has 1 aliphatic rings. The van der Waals surface area contributed by atoms with Gasteiger partial charge >= 0.3 is 6.09 Å². The highest BCUT2D eigenvalue weighted by Crippen LogP contribution is 2.42. The average Bonchev–Trinajstić information content (AvgIpc) is 2.35. The van der Waals surface area contributed by atoms with Crippen LogP contribution in [-0.2, 0) is 6.42 Å². The van der Waals surface area contributed by atoms with Crippen LogP contribution in [0.15, 0.2) is 12.1 Å². The van der Waals surface area contributed by atoms with Crippen LogP contribution in [0.5, 0.6) is 11.5 Å². The van der Waals surface area contributed by atoms with Gasteiger partial charge in [0.05, 0.1) is 19.9 Å². The molecule has 0 aromatic heterocycles. The highest BCUT2D eigenvalue weighted by atomic mass is 16.5. The first-order valence-electron chi connectivity index (χ1n) is 6.19. The number of hydrogen-bond donors (Lipinski definition) is 1. The lowest BCUT2D eigenvalue weighted by Crippen LogP contribution is -2.50. The van der Waals surface area contributed by atoms with Gasteiger partial charge in [0.15, 0.2) is 11.5 Å². The molecule has 1 aromatic rings. The van der Waals surface area contributed by atoms with Crippen LogP contribution >= 0.6 is 0 Å². The molecule has 19 heavy (non-hydrogen) atoms. The second-order valence-electron chi connectivity index (χ2n) is 5.27. The Balaban J connectivity index is 2.60. The number of carboxylic acid groups (broad SMARTS) is 1. The van der Waals surface area contributed by atoms with Gasteiger partial charge in [0.2, 0.25) is 0 Å². The molecule has 0 spiro atoms. The van der Waals surface area contributed by atoms with E-state index in [0.717, 1.165) is 18.4 Å². The Morgan fingerprint density at radius 1 is 1.26 bits per heavy atom. The minimum absolute atomic E-state index is 0.418. The topological polar surface area (TPSA) is 59.0 Å². The van der Waals surface area contributed by atoms with E-state index in [2.05, 4.69) is 0 Å². The molecule has 2 rings (SSSR count). The lowest BCUT2D eigenvalue weighted by molar-refractivity contribution is 0.192. The molecule has 0 unspecified atom stereocenters. The van der Waals surface area contributed by atoms with Crippen LogP contribution < -0.4 is 14.4 Å². The number of amides is 1. The number of nitrogens with zero attached hydrogens (tertiary/aromatic N) is 1. The van der Waals surface area contributed by atoms with E-state index in [9.17, 15) is 9.90 Å². The maximum absolute atomic E-state index is 11.5. The van der Waals surface area contributed by atoms with Crippen molar-refractivity contribution in [2.45, 2.75) is 32.2 Å². The molecule has 0 bridgehead atoms. The molecule has 1 N–H and O–H groups in total. The van der Waals surface area contributed by atoms with Crippen molar-refractivity contribution in [3.05, 3.63) is 17.7 Å². The van der Waals surface area contributed by atoms with E-state index in [0.29, 0.717) is 17.2 Å². The number of methoxy groups -OCH3 is 2. The van der Waals surface area contributed by atoms with Crippen molar-refractivity contribution in [1.82, 2.24) is 0 Å². The minimum atomic E-state index is -0.946. The van der Waals surface area contributed by atoms with Crippen molar-refractivity contribution in [1.29, 1.82) is 0 Å². The third-order valence-electron chi connectivity index (χ3n) is 3.63. The Bertz CT molecular complexity index is 510. The summed E-state index contributed by atoms with van der Waals surface area (Å²) in [6.45, 7) is 3.86. The molecular weight excluding hydrogens is 246 g/mol. The predicted molar refractivity (Wildman–Crippen MR) is 72.4 cm³/mol. The quantitative estimate of drug-likeness (QED) is 0.893. The fourth-order valence-electron chi connectivity index (χ4n) is 2.56. The fourth-order valence-corrected chi connectivity index (χ4v) is 2.56. The predicted octanol–water partition coefficient (Wildman–Crippen LogP) is 2.91. The maximum Gasteiger partial charge on any atom is 0.412 e. The van der Waals surface area contributed by atoms with Crippen molar-refractivity contribution >= 4 is 11.8 Å². The van der Waals surface area contributed by atoms with Gasteiger partial charge in [-0.05, 0) is 38.3 Å². The van der Waals surface area contributed by atoms with Crippen LogP contribution in [0.1, 0.15) is 25.8 Å². The Kier molecular flexibility index (Phi) is 3.30. The Morgan fingerprint density at radius 3 is 2.37 bits per heavy atom. The first-order valence-corrected chi connectivity index (χ1v) is 6.19. The monoisotopic (exact) mass is 265 g/mol. The lowest BCUT2D eigenvalue weighted by atomic mass is 9.87. The first kappa shape index (κ1) is 13.5. The van der Waals surface area contributed by atoms with Gasteiger partial charge in [0, 0.05) is 11.6 Å². The maximum atomic E-state index is 11.5. The SMILES string of the molecule is COc1cc2c(cc1OC)N(C(=O)O)C(C)(C)CC2. The smallest absolute Gasteiger partial charge is 0.412 e. The second kappa shape index (κ2) is 4.64. The molecule has 0 saturated carbocycles. The van der Waals surface area contributed by atoms with Crippen molar-refractivity contribution < 1.29 is 19.4 Å². The molecule has 1 aliphatic heterocycles. The van der Waals surface area contributed by atoms with E-state index in [1.807, 2.05) is 19.9 Å². The zero-order valence-electron chi connectivity index (χ0n) is 11.7. The molecule has 0 saturated heterocycles. The molecule has 1 heterocycles. The number of anilines is 1. The standard InChI is InChI=1S/C14H19NO4/c1-14(2)6-5-9-7-11(18-3)12(19-4)8-10(9)15(14)13(16)17/h7-8H,5-6H2,1-4H3,(H,16,17). The van der Waals surface area contributed by atoms with Gasteiger partial charge in [-0.2, -0.15) is 0 Å². The number of ether oxygens (including phenoxy) is 2. The number of carbonyl (C=O) groups is 1. The molecule has 0 radical (unpaired) electrons. The highest BCUT2D eigenvalue weighted by Gasteiger charge is 2.37. The van der Waals surface area contributed by atoms with Crippen LogP contribution in [0, 0.1) is 0 Å². The van der Waals surface area contributed by atoms with E-state index >= 15 is 0 Å². The fraction of sp³-hybridized carbons (Fsp3) is 0.500.